The fourth-order valence-corrected chi connectivity index (χ4v) is 2.89. The molecule has 0 atom stereocenters. The maximum Gasteiger partial charge on any atom is 0.264 e. The van der Waals surface area contributed by atoms with Gasteiger partial charge < -0.3 is 15.3 Å². The zero-order valence-corrected chi connectivity index (χ0v) is 12.0. The molecule has 1 saturated heterocycles. The average Bonchev–Trinajstić information content (AvgIpc) is 2.80. The van der Waals surface area contributed by atoms with Crippen molar-refractivity contribution in [2.24, 2.45) is 0 Å². The molecule has 1 aromatic rings. The normalized spacial score (nSPS) is 14.5. The second-order valence-corrected chi connectivity index (χ2v) is 5.53. The minimum absolute atomic E-state index is 0.0338. The number of piperazine rings is 1. The van der Waals surface area contributed by atoms with Crippen molar-refractivity contribution >= 4 is 23.2 Å². The third-order valence-corrected chi connectivity index (χ3v) is 4.03. The predicted octanol–water partition coefficient (Wildman–Crippen LogP) is 0.362. The summed E-state index contributed by atoms with van der Waals surface area (Å²) in [4.78, 5) is 26.6. The Kier molecular flexibility index (Phi) is 4.77. The zero-order chi connectivity index (χ0) is 14.5. The van der Waals surface area contributed by atoms with Crippen LogP contribution in [-0.2, 0) is 4.79 Å². The van der Waals surface area contributed by atoms with E-state index in [1.807, 2.05) is 13.0 Å². The van der Waals surface area contributed by atoms with Gasteiger partial charge in [0.05, 0.1) is 22.9 Å². The highest BCUT2D eigenvalue weighted by molar-refractivity contribution is 7.14. The third-order valence-electron chi connectivity index (χ3n) is 2.89. The number of hydrogen-bond acceptors (Lipinski definition) is 4. The number of aryl methyl sites for hydroxylation is 1. The Labute approximate surface area is 121 Å². The molecule has 0 bridgehead atoms. The summed E-state index contributed by atoms with van der Waals surface area (Å²) in [5.74, 6) is 5.57. The van der Waals surface area contributed by atoms with Crippen LogP contribution >= 0.6 is 11.3 Å². The second kappa shape index (κ2) is 6.55. The Balaban J connectivity index is 2.13. The van der Waals surface area contributed by atoms with Gasteiger partial charge in [-0.1, -0.05) is 11.8 Å². The van der Waals surface area contributed by atoms with Crippen LogP contribution in [0.3, 0.4) is 0 Å². The topological polar surface area (TPSA) is 69.6 Å². The van der Waals surface area contributed by atoms with Crippen molar-refractivity contribution < 1.29 is 14.7 Å². The number of carbonyl (C=O) groups excluding carboxylic acids is 2. The van der Waals surface area contributed by atoms with Crippen molar-refractivity contribution in [3.63, 3.8) is 0 Å². The number of aliphatic hydroxyl groups is 1. The maximum absolute atomic E-state index is 12.3. The molecule has 0 spiro atoms. The smallest absolute Gasteiger partial charge is 0.264 e. The van der Waals surface area contributed by atoms with Gasteiger partial charge in [0.1, 0.15) is 0 Å². The Morgan fingerprint density at radius 3 is 3.10 bits per heavy atom. The molecule has 6 heteroatoms. The van der Waals surface area contributed by atoms with Crippen LogP contribution in [0.4, 0.5) is 0 Å². The first-order valence-corrected chi connectivity index (χ1v) is 7.19. The maximum atomic E-state index is 12.3. The van der Waals surface area contributed by atoms with Crippen LogP contribution < -0.4 is 5.32 Å². The molecule has 1 aromatic heterocycles. The average molecular weight is 292 g/mol. The van der Waals surface area contributed by atoms with Crippen LogP contribution in [0, 0.1) is 18.8 Å². The highest BCUT2D eigenvalue weighted by Gasteiger charge is 2.23. The van der Waals surface area contributed by atoms with E-state index in [0.29, 0.717) is 24.4 Å². The lowest BCUT2D eigenvalue weighted by Crippen LogP contribution is -2.49. The monoisotopic (exact) mass is 292 g/mol. The summed E-state index contributed by atoms with van der Waals surface area (Å²) in [7, 11) is 0. The van der Waals surface area contributed by atoms with Crippen LogP contribution in [0.25, 0.3) is 0 Å². The van der Waals surface area contributed by atoms with Crippen LogP contribution in [0.1, 0.15) is 26.5 Å². The van der Waals surface area contributed by atoms with Crippen LogP contribution in [0.15, 0.2) is 6.07 Å². The molecule has 2 N–H and O–H groups in total. The number of nitrogens with zero attached hydrogens (tertiary/aromatic N) is 1. The highest BCUT2D eigenvalue weighted by Crippen LogP contribution is 2.22. The van der Waals surface area contributed by atoms with E-state index in [9.17, 15) is 9.59 Å². The van der Waals surface area contributed by atoms with E-state index in [0.717, 1.165) is 10.4 Å². The molecular weight excluding hydrogens is 276 g/mol. The van der Waals surface area contributed by atoms with Crippen molar-refractivity contribution in [2.45, 2.75) is 13.3 Å². The van der Waals surface area contributed by atoms with E-state index in [1.165, 1.54) is 11.3 Å². The molecule has 2 heterocycles. The first-order valence-electron chi connectivity index (χ1n) is 6.38. The molecule has 1 aliphatic rings. The number of amides is 2. The number of nitrogens with one attached hydrogen (secondary N) is 1. The highest BCUT2D eigenvalue weighted by atomic mass is 32.1. The molecule has 1 aliphatic heterocycles. The SMILES string of the molecule is Cc1cc(C(=O)N2CCNC(=O)C2)sc1C#CCCO. The van der Waals surface area contributed by atoms with Gasteiger partial charge in [-0.25, -0.2) is 0 Å². The van der Waals surface area contributed by atoms with E-state index >= 15 is 0 Å². The van der Waals surface area contributed by atoms with E-state index in [-0.39, 0.29) is 25.0 Å². The number of carbonyl (C=O) groups is 2. The third kappa shape index (κ3) is 3.38. The fraction of sp³-hybridized carbons (Fsp3) is 0.429. The summed E-state index contributed by atoms with van der Waals surface area (Å²) in [5, 5.41) is 11.4. The molecule has 20 heavy (non-hydrogen) atoms. The number of thiophene rings is 1. The molecule has 2 amide bonds. The largest absolute Gasteiger partial charge is 0.395 e. The fourth-order valence-electron chi connectivity index (χ4n) is 1.88. The van der Waals surface area contributed by atoms with Crippen molar-refractivity contribution in [1.29, 1.82) is 0 Å². The van der Waals surface area contributed by atoms with Gasteiger partial charge in [-0.05, 0) is 18.6 Å². The Morgan fingerprint density at radius 2 is 2.40 bits per heavy atom. The quantitative estimate of drug-likeness (QED) is 0.773. The Morgan fingerprint density at radius 1 is 1.60 bits per heavy atom. The molecule has 0 unspecified atom stereocenters. The molecule has 0 aromatic carbocycles. The summed E-state index contributed by atoms with van der Waals surface area (Å²) < 4.78 is 0. The van der Waals surface area contributed by atoms with Gasteiger partial charge in [0, 0.05) is 19.5 Å². The van der Waals surface area contributed by atoms with Crippen molar-refractivity contribution in [3.05, 3.63) is 21.4 Å². The molecule has 106 valence electrons. The van der Waals surface area contributed by atoms with Gasteiger partial charge >= 0.3 is 0 Å². The van der Waals surface area contributed by atoms with Crippen molar-refractivity contribution in [1.82, 2.24) is 10.2 Å². The Hall–Kier alpha value is -1.84. The van der Waals surface area contributed by atoms with E-state index in [4.69, 9.17) is 5.11 Å². The minimum atomic E-state index is -0.124. The number of hydrogen-bond donors (Lipinski definition) is 2. The Bertz CT molecular complexity index is 583. The van der Waals surface area contributed by atoms with Crippen molar-refractivity contribution in [3.8, 4) is 11.8 Å². The molecule has 2 rings (SSSR count). The number of rotatable bonds is 2. The van der Waals surface area contributed by atoms with Crippen LogP contribution in [0.5, 0.6) is 0 Å². The van der Waals surface area contributed by atoms with E-state index < -0.39 is 0 Å². The summed E-state index contributed by atoms with van der Waals surface area (Å²) in [6.45, 7) is 3.08. The van der Waals surface area contributed by atoms with Gasteiger partial charge in [0.25, 0.3) is 5.91 Å². The summed E-state index contributed by atoms with van der Waals surface area (Å²) >= 11 is 1.33. The van der Waals surface area contributed by atoms with Gasteiger partial charge in [0.2, 0.25) is 5.91 Å². The summed E-state index contributed by atoms with van der Waals surface area (Å²) in [5.41, 5.74) is 0.949. The van der Waals surface area contributed by atoms with Crippen molar-refractivity contribution in [2.75, 3.05) is 26.2 Å². The standard InChI is InChI=1S/C14H16N2O3S/c1-10-8-12(20-11(10)4-2-3-7-17)14(19)16-6-5-15-13(18)9-16/h8,17H,3,5-7,9H2,1H3,(H,15,18). The summed E-state index contributed by atoms with van der Waals surface area (Å²) in [6.07, 6.45) is 0.424. The van der Waals surface area contributed by atoms with Gasteiger partial charge in [-0.3, -0.25) is 9.59 Å². The van der Waals surface area contributed by atoms with Crippen LogP contribution in [-0.4, -0.2) is 48.1 Å². The van der Waals surface area contributed by atoms with E-state index in [1.54, 1.807) is 4.90 Å². The zero-order valence-electron chi connectivity index (χ0n) is 11.2. The predicted molar refractivity (Wildman–Crippen MR) is 76.6 cm³/mol. The lowest BCUT2D eigenvalue weighted by Gasteiger charge is -2.26. The molecule has 0 aliphatic carbocycles. The lowest BCUT2D eigenvalue weighted by molar-refractivity contribution is -0.123. The molecule has 5 nitrogen and oxygen atoms in total. The van der Waals surface area contributed by atoms with Gasteiger partial charge in [-0.2, -0.15) is 0 Å². The molecule has 1 fully saturated rings. The molecular formula is C14H16N2O3S. The first kappa shape index (κ1) is 14.6. The number of aliphatic hydroxyl groups excluding tert-OH is 1. The van der Waals surface area contributed by atoms with Gasteiger partial charge in [0.15, 0.2) is 0 Å². The lowest BCUT2D eigenvalue weighted by atomic mass is 10.2. The van der Waals surface area contributed by atoms with Crippen LogP contribution in [0.2, 0.25) is 0 Å². The second-order valence-electron chi connectivity index (χ2n) is 4.47. The molecule has 0 saturated carbocycles. The molecule has 0 radical (unpaired) electrons. The summed E-state index contributed by atoms with van der Waals surface area (Å²) in [6, 6.07) is 1.81. The minimum Gasteiger partial charge on any atom is -0.395 e. The van der Waals surface area contributed by atoms with E-state index in [2.05, 4.69) is 17.2 Å². The van der Waals surface area contributed by atoms with Gasteiger partial charge in [-0.15, -0.1) is 11.3 Å². The first-order chi connectivity index (χ1) is 9.61.